The predicted octanol–water partition coefficient (Wildman–Crippen LogP) is 4.76. The molecule has 3 nitrogen and oxygen atoms in total. The van der Waals surface area contributed by atoms with Crippen molar-refractivity contribution in [2.45, 2.75) is 65.1 Å². The zero-order chi connectivity index (χ0) is 18.2. The first-order chi connectivity index (χ1) is 11.8. The summed E-state index contributed by atoms with van der Waals surface area (Å²) < 4.78 is 6.01. The molecule has 1 aromatic carbocycles. The lowest BCUT2D eigenvalue weighted by molar-refractivity contribution is -0.112. The summed E-state index contributed by atoms with van der Waals surface area (Å²) in [5, 5.41) is 11.5. The Morgan fingerprint density at radius 3 is 2.56 bits per heavy atom. The third-order valence-corrected chi connectivity index (χ3v) is 6.47. The molecule has 0 aromatic heterocycles. The van der Waals surface area contributed by atoms with Crippen LogP contribution in [-0.2, 0) is 4.74 Å². The van der Waals surface area contributed by atoms with Crippen LogP contribution in [0.1, 0.15) is 63.7 Å². The molecule has 3 heteroatoms. The van der Waals surface area contributed by atoms with Crippen molar-refractivity contribution in [1.29, 1.82) is 0 Å². The molecule has 1 saturated carbocycles. The van der Waals surface area contributed by atoms with Crippen LogP contribution in [0.3, 0.4) is 0 Å². The van der Waals surface area contributed by atoms with Gasteiger partial charge in [-0.25, -0.2) is 4.79 Å². The maximum absolute atomic E-state index is 12.7. The lowest BCUT2D eigenvalue weighted by Crippen LogP contribution is -2.50. The van der Waals surface area contributed by atoms with Gasteiger partial charge in [0.05, 0.1) is 11.2 Å². The fourth-order valence-electron chi connectivity index (χ4n) is 4.86. The van der Waals surface area contributed by atoms with Crippen molar-refractivity contribution in [1.82, 2.24) is 0 Å². The van der Waals surface area contributed by atoms with Gasteiger partial charge < -0.3 is 9.84 Å². The van der Waals surface area contributed by atoms with Crippen LogP contribution in [-0.4, -0.2) is 22.8 Å². The Labute approximate surface area is 151 Å². The van der Waals surface area contributed by atoms with Gasteiger partial charge in [0.2, 0.25) is 0 Å². The molecule has 0 bridgehead atoms. The van der Waals surface area contributed by atoms with Crippen LogP contribution in [0.2, 0.25) is 0 Å². The fraction of sp³-hybridized carbons (Fsp3) is 0.591. The number of hydrogen-bond donors (Lipinski definition) is 1. The lowest BCUT2D eigenvalue weighted by atomic mass is 9.67. The molecule has 2 aliphatic rings. The summed E-state index contributed by atoms with van der Waals surface area (Å²) in [5.74, 6) is -0.197. The van der Waals surface area contributed by atoms with Gasteiger partial charge >= 0.3 is 5.97 Å². The minimum absolute atomic E-state index is 0.0294. The highest BCUT2D eigenvalue weighted by atomic mass is 16.5. The molecule has 25 heavy (non-hydrogen) atoms. The Morgan fingerprint density at radius 1 is 1.24 bits per heavy atom. The van der Waals surface area contributed by atoms with E-state index in [0.717, 1.165) is 19.3 Å². The zero-order valence-corrected chi connectivity index (χ0v) is 15.8. The largest absolute Gasteiger partial charge is 0.458 e. The van der Waals surface area contributed by atoms with E-state index in [1.165, 1.54) is 5.57 Å². The summed E-state index contributed by atoms with van der Waals surface area (Å²) in [6.07, 6.45) is 5.38. The van der Waals surface area contributed by atoms with Crippen molar-refractivity contribution in [2.75, 3.05) is 0 Å². The summed E-state index contributed by atoms with van der Waals surface area (Å²) in [5.41, 5.74) is 1.00. The molecular weight excluding hydrogens is 312 g/mol. The molecule has 0 radical (unpaired) electrons. The second-order valence-electron chi connectivity index (χ2n) is 8.55. The molecule has 1 N–H and O–H groups in total. The van der Waals surface area contributed by atoms with Crippen LogP contribution >= 0.6 is 0 Å². The SMILES string of the molecule is CC1=CCC2(C)CCC(O)(C(C)C)C2C(OC(=O)c2ccccc2)C1. The Hall–Kier alpha value is -1.61. The van der Waals surface area contributed by atoms with E-state index < -0.39 is 5.60 Å². The van der Waals surface area contributed by atoms with Crippen LogP contribution in [0.15, 0.2) is 42.0 Å². The van der Waals surface area contributed by atoms with Gasteiger partial charge in [0.15, 0.2) is 0 Å². The predicted molar refractivity (Wildman–Crippen MR) is 99.3 cm³/mol. The Morgan fingerprint density at radius 2 is 1.92 bits per heavy atom. The van der Waals surface area contributed by atoms with Crippen LogP contribution < -0.4 is 0 Å². The first-order valence-corrected chi connectivity index (χ1v) is 9.40. The molecule has 2 aliphatic carbocycles. The highest BCUT2D eigenvalue weighted by Crippen LogP contribution is 2.58. The van der Waals surface area contributed by atoms with Gasteiger partial charge in [-0.15, -0.1) is 0 Å². The second kappa shape index (κ2) is 6.60. The van der Waals surface area contributed by atoms with E-state index in [-0.39, 0.29) is 29.3 Å². The lowest BCUT2D eigenvalue weighted by Gasteiger charge is -2.43. The number of ether oxygens (including phenoxy) is 1. The number of rotatable bonds is 3. The third-order valence-electron chi connectivity index (χ3n) is 6.47. The minimum Gasteiger partial charge on any atom is -0.458 e. The molecular formula is C22H30O3. The normalized spacial score (nSPS) is 35.0. The van der Waals surface area contributed by atoms with Crippen molar-refractivity contribution < 1.29 is 14.6 Å². The second-order valence-corrected chi connectivity index (χ2v) is 8.55. The molecule has 1 fully saturated rings. The number of esters is 1. The van der Waals surface area contributed by atoms with Gasteiger partial charge in [0.25, 0.3) is 0 Å². The number of carbonyl (C=O) groups excluding carboxylic acids is 1. The Balaban J connectivity index is 1.94. The molecule has 4 atom stereocenters. The molecule has 1 aromatic rings. The Bertz CT molecular complexity index is 663. The van der Waals surface area contributed by atoms with Crippen LogP contribution in [0.4, 0.5) is 0 Å². The van der Waals surface area contributed by atoms with E-state index in [1.807, 2.05) is 18.2 Å². The van der Waals surface area contributed by atoms with Crippen LogP contribution in [0, 0.1) is 17.3 Å². The molecule has 136 valence electrons. The van der Waals surface area contributed by atoms with E-state index in [2.05, 4.69) is 33.8 Å². The Kier molecular flexibility index (Phi) is 4.80. The molecule has 4 unspecified atom stereocenters. The molecule has 0 spiro atoms. The number of allylic oxidation sites excluding steroid dienone is 1. The monoisotopic (exact) mass is 342 g/mol. The van der Waals surface area contributed by atoms with E-state index in [1.54, 1.807) is 12.1 Å². The maximum Gasteiger partial charge on any atom is 0.338 e. The van der Waals surface area contributed by atoms with Crippen molar-refractivity contribution in [3.63, 3.8) is 0 Å². The summed E-state index contributed by atoms with van der Waals surface area (Å²) in [4.78, 5) is 12.7. The minimum atomic E-state index is -0.783. The van der Waals surface area contributed by atoms with Gasteiger partial charge in [-0.1, -0.05) is 50.6 Å². The number of fused-ring (bicyclic) bond motifs is 1. The third kappa shape index (κ3) is 3.27. The van der Waals surface area contributed by atoms with Crippen LogP contribution in [0.5, 0.6) is 0 Å². The quantitative estimate of drug-likeness (QED) is 0.636. The first kappa shape index (κ1) is 18.2. The van der Waals surface area contributed by atoms with Crippen molar-refractivity contribution in [3.8, 4) is 0 Å². The smallest absolute Gasteiger partial charge is 0.338 e. The first-order valence-electron chi connectivity index (χ1n) is 9.40. The standard InChI is InChI=1S/C22H30O3/c1-15(2)22(24)13-12-21(4)11-10-16(3)14-18(19(21)22)25-20(23)17-8-6-5-7-9-17/h5-10,15,18-19,24H,11-14H2,1-4H3. The van der Waals surface area contributed by atoms with Gasteiger partial charge in [-0.3, -0.25) is 0 Å². The van der Waals surface area contributed by atoms with E-state index >= 15 is 0 Å². The van der Waals surface area contributed by atoms with Gasteiger partial charge in [0, 0.05) is 12.3 Å². The zero-order valence-electron chi connectivity index (χ0n) is 15.8. The van der Waals surface area contributed by atoms with E-state index in [4.69, 9.17) is 4.74 Å². The number of carbonyl (C=O) groups is 1. The van der Waals surface area contributed by atoms with E-state index in [0.29, 0.717) is 12.0 Å². The molecule has 0 saturated heterocycles. The average Bonchev–Trinajstić information content (AvgIpc) is 2.79. The molecule has 0 aliphatic heterocycles. The summed E-state index contributed by atoms with van der Waals surface area (Å²) in [6.45, 7) is 8.50. The van der Waals surface area contributed by atoms with E-state index in [9.17, 15) is 9.90 Å². The highest BCUT2D eigenvalue weighted by molar-refractivity contribution is 5.89. The number of aliphatic hydroxyl groups is 1. The molecule has 3 rings (SSSR count). The number of benzene rings is 1. The summed E-state index contributed by atoms with van der Waals surface area (Å²) in [7, 11) is 0. The van der Waals surface area contributed by atoms with Crippen molar-refractivity contribution in [2.24, 2.45) is 17.3 Å². The maximum atomic E-state index is 12.7. The van der Waals surface area contributed by atoms with Crippen LogP contribution in [0.25, 0.3) is 0 Å². The van der Waals surface area contributed by atoms with Gasteiger partial charge in [-0.2, -0.15) is 0 Å². The fourth-order valence-corrected chi connectivity index (χ4v) is 4.86. The van der Waals surface area contributed by atoms with Gasteiger partial charge in [-0.05, 0) is 49.7 Å². The number of hydrogen-bond acceptors (Lipinski definition) is 3. The van der Waals surface area contributed by atoms with Crippen molar-refractivity contribution in [3.05, 3.63) is 47.5 Å². The topological polar surface area (TPSA) is 46.5 Å². The van der Waals surface area contributed by atoms with Crippen molar-refractivity contribution >= 4 is 5.97 Å². The molecule has 0 heterocycles. The summed E-state index contributed by atoms with van der Waals surface area (Å²) >= 11 is 0. The highest BCUT2D eigenvalue weighted by Gasteiger charge is 2.59. The molecule has 0 amide bonds. The summed E-state index contributed by atoms with van der Waals surface area (Å²) in [6, 6.07) is 9.15. The van der Waals surface area contributed by atoms with Gasteiger partial charge in [0.1, 0.15) is 6.10 Å². The average molecular weight is 342 g/mol.